The molecule has 0 bridgehead atoms. The normalized spacial score (nSPS) is 19.1. The Morgan fingerprint density at radius 2 is 1.81 bits per heavy atom. The van der Waals surface area contributed by atoms with Crippen LogP contribution in [0.15, 0.2) is 29.2 Å². The molecule has 0 radical (unpaired) electrons. The number of rotatable bonds is 4. The highest BCUT2D eigenvalue weighted by Crippen LogP contribution is 2.32. The van der Waals surface area contributed by atoms with Gasteiger partial charge in [-0.25, -0.2) is 8.42 Å². The number of hydrogen-bond acceptors (Lipinski definition) is 3. The van der Waals surface area contributed by atoms with Crippen LogP contribution in [0.25, 0.3) is 0 Å². The van der Waals surface area contributed by atoms with Gasteiger partial charge in [0.2, 0.25) is 10.0 Å². The fourth-order valence-electron chi connectivity index (χ4n) is 2.60. The minimum absolute atomic E-state index is 0.350. The largest absolute Gasteiger partial charge is 0.243 e. The summed E-state index contributed by atoms with van der Waals surface area (Å²) in [6.07, 6.45) is 3.20. The first-order valence-corrected chi connectivity index (χ1v) is 8.86. The van der Waals surface area contributed by atoms with Gasteiger partial charge < -0.3 is 0 Å². The number of benzene rings is 1. The standard InChI is InChI=1S/C16H22N2O2S/c1-3-4-14-5-7-15(8-6-14)21(19,20)18-11-9-16(2,13-17)10-12-18/h5-8H,3-4,9-12H2,1-2H3. The molecule has 1 aliphatic heterocycles. The average molecular weight is 306 g/mol. The molecule has 5 heteroatoms. The van der Waals surface area contributed by atoms with E-state index in [0.717, 1.165) is 18.4 Å². The molecule has 1 aromatic rings. The zero-order valence-corrected chi connectivity index (χ0v) is 13.5. The van der Waals surface area contributed by atoms with Gasteiger partial charge in [0.25, 0.3) is 0 Å². The van der Waals surface area contributed by atoms with Crippen LogP contribution in [0.1, 0.15) is 38.7 Å². The quantitative estimate of drug-likeness (QED) is 0.859. The van der Waals surface area contributed by atoms with Crippen LogP contribution in [0.5, 0.6) is 0 Å². The van der Waals surface area contributed by atoms with Crippen LogP contribution in [0, 0.1) is 16.7 Å². The summed E-state index contributed by atoms with van der Waals surface area (Å²) in [5.41, 5.74) is 0.768. The van der Waals surface area contributed by atoms with E-state index in [1.807, 2.05) is 19.1 Å². The van der Waals surface area contributed by atoms with Gasteiger partial charge in [-0.3, -0.25) is 0 Å². The van der Waals surface area contributed by atoms with Crippen LogP contribution in [-0.2, 0) is 16.4 Å². The Bertz CT molecular complexity index is 621. The SMILES string of the molecule is CCCc1ccc(S(=O)(=O)N2CCC(C)(C#N)CC2)cc1. The summed E-state index contributed by atoms with van der Waals surface area (Å²) in [5, 5.41) is 9.12. The van der Waals surface area contributed by atoms with Crippen molar-refractivity contribution in [2.24, 2.45) is 5.41 Å². The Morgan fingerprint density at radius 3 is 2.29 bits per heavy atom. The molecule has 0 atom stereocenters. The predicted octanol–water partition coefficient (Wildman–Crippen LogP) is 2.95. The van der Waals surface area contributed by atoms with E-state index in [-0.39, 0.29) is 0 Å². The Balaban J connectivity index is 2.14. The summed E-state index contributed by atoms with van der Waals surface area (Å²) in [4.78, 5) is 0.350. The first kappa shape index (κ1) is 16.0. The van der Waals surface area contributed by atoms with Gasteiger partial charge in [-0.1, -0.05) is 25.5 Å². The van der Waals surface area contributed by atoms with E-state index >= 15 is 0 Å². The second-order valence-electron chi connectivity index (χ2n) is 5.97. The molecule has 0 amide bonds. The Hall–Kier alpha value is -1.38. The fraction of sp³-hybridized carbons (Fsp3) is 0.562. The minimum Gasteiger partial charge on any atom is -0.207 e. The molecule has 4 nitrogen and oxygen atoms in total. The van der Waals surface area contributed by atoms with Crippen molar-refractivity contribution in [3.05, 3.63) is 29.8 Å². The number of aryl methyl sites for hydroxylation is 1. The van der Waals surface area contributed by atoms with E-state index in [0.29, 0.717) is 30.8 Å². The topological polar surface area (TPSA) is 61.2 Å². The molecule has 1 saturated heterocycles. The summed E-state index contributed by atoms with van der Waals surface area (Å²) in [5.74, 6) is 0. The highest BCUT2D eigenvalue weighted by atomic mass is 32.2. The lowest BCUT2D eigenvalue weighted by atomic mass is 9.83. The molecule has 1 aliphatic rings. The Labute approximate surface area is 127 Å². The van der Waals surface area contributed by atoms with Gasteiger partial charge >= 0.3 is 0 Å². The molecule has 1 fully saturated rings. The monoisotopic (exact) mass is 306 g/mol. The van der Waals surface area contributed by atoms with Crippen LogP contribution in [0.2, 0.25) is 0 Å². The Kier molecular flexibility index (Phi) is 4.70. The van der Waals surface area contributed by atoms with Crippen LogP contribution in [0.4, 0.5) is 0 Å². The molecule has 114 valence electrons. The van der Waals surface area contributed by atoms with E-state index in [1.54, 1.807) is 12.1 Å². The Morgan fingerprint density at radius 1 is 1.24 bits per heavy atom. The van der Waals surface area contributed by atoms with Crippen molar-refractivity contribution < 1.29 is 8.42 Å². The molecule has 0 spiro atoms. The summed E-state index contributed by atoms with van der Waals surface area (Å²) >= 11 is 0. The fourth-order valence-corrected chi connectivity index (χ4v) is 4.04. The van der Waals surface area contributed by atoms with Crippen molar-refractivity contribution in [1.29, 1.82) is 5.26 Å². The van der Waals surface area contributed by atoms with Crippen LogP contribution in [0.3, 0.4) is 0 Å². The van der Waals surface area contributed by atoms with Crippen LogP contribution >= 0.6 is 0 Å². The van der Waals surface area contributed by atoms with Crippen molar-refractivity contribution >= 4 is 10.0 Å². The molecular formula is C16H22N2O2S. The van der Waals surface area contributed by atoms with Gasteiger partial charge in [0.1, 0.15) is 0 Å². The first-order valence-electron chi connectivity index (χ1n) is 7.42. The molecule has 1 heterocycles. The van der Waals surface area contributed by atoms with Crippen molar-refractivity contribution in [3.8, 4) is 6.07 Å². The molecule has 0 N–H and O–H groups in total. The second-order valence-corrected chi connectivity index (χ2v) is 7.91. The number of nitriles is 1. The van der Waals surface area contributed by atoms with Crippen molar-refractivity contribution in [2.45, 2.75) is 44.4 Å². The lowest BCUT2D eigenvalue weighted by molar-refractivity contribution is 0.232. The predicted molar refractivity (Wildman–Crippen MR) is 82.1 cm³/mol. The minimum atomic E-state index is -3.43. The summed E-state index contributed by atoms with van der Waals surface area (Å²) in [6, 6.07) is 9.46. The molecular weight excluding hydrogens is 284 g/mol. The van der Waals surface area contributed by atoms with Crippen molar-refractivity contribution in [3.63, 3.8) is 0 Å². The average Bonchev–Trinajstić information content (AvgIpc) is 2.49. The van der Waals surface area contributed by atoms with Crippen molar-refractivity contribution in [1.82, 2.24) is 4.31 Å². The summed E-state index contributed by atoms with van der Waals surface area (Å²) in [7, 11) is -3.43. The van der Waals surface area contributed by atoms with E-state index in [1.165, 1.54) is 4.31 Å². The zero-order valence-electron chi connectivity index (χ0n) is 12.7. The smallest absolute Gasteiger partial charge is 0.207 e. The van der Waals surface area contributed by atoms with E-state index in [2.05, 4.69) is 13.0 Å². The third-order valence-electron chi connectivity index (χ3n) is 4.20. The lowest BCUT2D eigenvalue weighted by Crippen LogP contribution is -2.41. The lowest BCUT2D eigenvalue weighted by Gasteiger charge is -2.34. The third kappa shape index (κ3) is 3.45. The van der Waals surface area contributed by atoms with Gasteiger partial charge in [0.05, 0.1) is 16.4 Å². The van der Waals surface area contributed by atoms with E-state index < -0.39 is 15.4 Å². The second kappa shape index (κ2) is 6.17. The molecule has 21 heavy (non-hydrogen) atoms. The van der Waals surface area contributed by atoms with Crippen molar-refractivity contribution in [2.75, 3.05) is 13.1 Å². The maximum absolute atomic E-state index is 12.6. The molecule has 0 aromatic heterocycles. The summed E-state index contributed by atoms with van der Waals surface area (Å²) in [6.45, 7) is 4.84. The zero-order chi connectivity index (χ0) is 15.5. The molecule has 0 saturated carbocycles. The van der Waals surface area contributed by atoms with Gasteiger partial charge in [-0.2, -0.15) is 9.57 Å². The first-order chi connectivity index (χ1) is 9.91. The van der Waals surface area contributed by atoms with Gasteiger partial charge in [-0.15, -0.1) is 0 Å². The molecule has 0 unspecified atom stereocenters. The maximum atomic E-state index is 12.6. The van der Waals surface area contributed by atoms with Crippen LogP contribution in [-0.4, -0.2) is 25.8 Å². The highest BCUT2D eigenvalue weighted by molar-refractivity contribution is 7.89. The number of nitrogens with zero attached hydrogens (tertiary/aromatic N) is 2. The summed E-state index contributed by atoms with van der Waals surface area (Å²) < 4.78 is 26.7. The van der Waals surface area contributed by atoms with E-state index in [9.17, 15) is 8.42 Å². The maximum Gasteiger partial charge on any atom is 0.243 e. The third-order valence-corrected chi connectivity index (χ3v) is 6.11. The number of hydrogen-bond donors (Lipinski definition) is 0. The number of sulfonamides is 1. The van der Waals surface area contributed by atoms with E-state index in [4.69, 9.17) is 5.26 Å². The van der Waals surface area contributed by atoms with Gasteiger partial charge in [0, 0.05) is 13.1 Å². The van der Waals surface area contributed by atoms with Gasteiger partial charge in [-0.05, 0) is 43.9 Å². The molecule has 0 aliphatic carbocycles. The van der Waals surface area contributed by atoms with Crippen LogP contribution < -0.4 is 0 Å². The van der Waals surface area contributed by atoms with Gasteiger partial charge in [0.15, 0.2) is 0 Å². The molecule has 2 rings (SSSR count). The highest BCUT2D eigenvalue weighted by Gasteiger charge is 2.35. The number of piperidine rings is 1. The molecule has 1 aromatic carbocycles.